The molecular weight excluding hydrogens is 246 g/mol. The van der Waals surface area contributed by atoms with Crippen molar-refractivity contribution in [1.29, 1.82) is 0 Å². The van der Waals surface area contributed by atoms with Gasteiger partial charge in [-0.15, -0.1) is 0 Å². The maximum Gasteiger partial charge on any atom is 0.0733 e. The SMILES string of the molecule is CCCCOC1CC(c2ccccc2)CCC1NCC. The van der Waals surface area contributed by atoms with Crippen molar-refractivity contribution in [2.45, 2.75) is 64.0 Å². The fourth-order valence-corrected chi connectivity index (χ4v) is 3.22. The third kappa shape index (κ3) is 4.32. The predicted molar refractivity (Wildman–Crippen MR) is 85.1 cm³/mol. The molecule has 2 heteroatoms. The van der Waals surface area contributed by atoms with Gasteiger partial charge in [0, 0.05) is 12.6 Å². The molecule has 2 nitrogen and oxygen atoms in total. The van der Waals surface area contributed by atoms with Crippen LogP contribution < -0.4 is 5.32 Å². The van der Waals surface area contributed by atoms with Crippen molar-refractivity contribution in [1.82, 2.24) is 5.32 Å². The Morgan fingerprint density at radius 2 is 1.95 bits per heavy atom. The second-order valence-electron chi connectivity index (χ2n) is 5.85. The molecule has 0 spiro atoms. The molecule has 0 radical (unpaired) electrons. The van der Waals surface area contributed by atoms with Gasteiger partial charge in [-0.3, -0.25) is 0 Å². The van der Waals surface area contributed by atoms with Gasteiger partial charge in [-0.25, -0.2) is 0 Å². The molecule has 0 bridgehead atoms. The molecule has 0 aliphatic heterocycles. The second-order valence-corrected chi connectivity index (χ2v) is 5.85. The summed E-state index contributed by atoms with van der Waals surface area (Å²) in [7, 11) is 0. The zero-order chi connectivity index (χ0) is 14.2. The Kier molecular flexibility index (Phi) is 6.55. The molecule has 3 unspecified atom stereocenters. The van der Waals surface area contributed by atoms with Gasteiger partial charge in [0.15, 0.2) is 0 Å². The van der Waals surface area contributed by atoms with E-state index in [1.807, 2.05) is 0 Å². The van der Waals surface area contributed by atoms with Crippen LogP contribution in [0.1, 0.15) is 57.4 Å². The molecule has 1 aromatic rings. The summed E-state index contributed by atoms with van der Waals surface area (Å²) in [6.45, 7) is 6.35. The van der Waals surface area contributed by atoms with E-state index in [0.717, 1.165) is 19.6 Å². The maximum absolute atomic E-state index is 6.18. The van der Waals surface area contributed by atoms with Crippen molar-refractivity contribution in [2.24, 2.45) is 0 Å². The Hall–Kier alpha value is -0.860. The summed E-state index contributed by atoms with van der Waals surface area (Å²) >= 11 is 0. The standard InChI is InChI=1S/C18H29NO/c1-3-5-13-20-18-14-16(11-12-17(18)19-4-2)15-9-7-6-8-10-15/h6-10,16-19H,3-5,11-14H2,1-2H3. The molecule has 1 saturated carbocycles. The minimum atomic E-state index is 0.375. The summed E-state index contributed by atoms with van der Waals surface area (Å²) in [4.78, 5) is 0. The van der Waals surface area contributed by atoms with Crippen LogP contribution in [0.4, 0.5) is 0 Å². The van der Waals surface area contributed by atoms with Crippen LogP contribution in [0.3, 0.4) is 0 Å². The topological polar surface area (TPSA) is 21.3 Å². The number of likely N-dealkylation sites (N-methyl/N-ethyl adjacent to an activating group) is 1. The van der Waals surface area contributed by atoms with Gasteiger partial charge in [0.05, 0.1) is 6.10 Å². The van der Waals surface area contributed by atoms with Crippen molar-refractivity contribution in [3.63, 3.8) is 0 Å². The third-order valence-corrected chi connectivity index (χ3v) is 4.36. The van der Waals surface area contributed by atoms with E-state index in [0.29, 0.717) is 18.1 Å². The molecule has 112 valence electrons. The average Bonchev–Trinajstić information content (AvgIpc) is 2.50. The normalized spacial score (nSPS) is 26.6. The van der Waals surface area contributed by atoms with Crippen molar-refractivity contribution < 1.29 is 4.74 Å². The van der Waals surface area contributed by atoms with E-state index in [-0.39, 0.29) is 0 Å². The predicted octanol–water partition coefficient (Wildman–Crippen LogP) is 4.12. The van der Waals surface area contributed by atoms with E-state index in [4.69, 9.17) is 4.74 Å². The van der Waals surface area contributed by atoms with Gasteiger partial charge < -0.3 is 10.1 Å². The smallest absolute Gasteiger partial charge is 0.0733 e. The number of hydrogen-bond acceptors (Lipinski definition) is 2. The molecule has 0 aromatic heterocycles. The number of nitrogens with one attached hydrogen (secondary N) is 1. The zero-order valence-electron chi connectivity index (χ0n) is 13.0. The van der Waals surface area contributed by atoms with Gasteiger partial charge in [-0.05, 0) is 43.7 Å². The summed E-state index contributed by atoms with van der Waals surface area (Å²) < 4.78 is 6.18. The molecule has 2 rings (SSSR count). The molecular formula is C18H29NO. The molecule has 1 aliphatic rings. The van der Waals surface area contributed by atoms with Crippen molar-refractivity contribution >= 4 is 0 Å². The zero-order valence-corrected chi connectivity index (χ0v) is 13.0. The molecule has 3 atom stereocenters. The number of unbranched alkanes of at least 4 members (excludes halogenated alkanes) is 1. The quantitative estimate of drug-likeness (QED) is 0.756. The lowest BCUT2D eigenvalue weighted by Gasteiger charge is -2.36. The number of benzene rings is 1. The van der Waals surface area contributed by atoms with Crippen molar-refractivity contribution in [2.75, 3.05) is 13.2 Å². The Labute approximate surface area is 123 Å². The number of hydrogen-bond donors (Lipinski definition) is 1. The molecule has 1 N–H and O–H groups in total. The van der Waals surface area contributed by atoms with Crippen LogP contribution in [-0.2, 0) is 4.74 Å². The van der Waals surface area contributed by atoms with Crippen LogP contribution in [0.15, 0.2) is 30.3 Å². The van der Waals surface area contributed by atoms with Crippen LogP contribution in [0.5, 0.6) is 0 Å². The van der Waals surface area contributed by atoms with E-state index in [1.54, 1.807) is 0 Å². The Bertz CT molecular complexity index is 365. The van der Waals surface area contributed by atoms with Crippen LogP contribution in [0, 0.1) is 0 Å². The van der Waals surface area contributed by atoms with Crippen molar-refractivity contribution in [3.8, 4) is 0 Å². The molecule has 1 aliphatic carbocycles. The van der Waals surface area contributed by atoms with Gasteiger partial charge in [-0.2, -0.15) is 0 Å². The monoisotopic (exact) mass is 275 g/mol. The second kappa shape index (κ2) is 8.43. The Balaban J connectivity index is 1.95. The summed E-state index contributed by atoms with van der Waals surface area (Å²) in [6, 6.07) is 11.5. The highest BCUT2D eigenvalue weighted by atomic mass is 16.5. The summed E-state index contributed by atoms with van der Waals surface area (Å²) in [6.07, 6.45) is 6.41. The largest absolute Gasteiger partial charge is 0.377 e. The first-order valence-corrected chi connectivity index (χ1v) is 8.25. The molecule has 1 aromatic carbocycles. The Morgan fingerprint density at radius 1 is 1.15 bits per heavy atom. The molecule has 0 heterocycles. The van der Waals surface area contributed by atoms with Gasteiger partial charge in [0.2, 0.25) is 0 Å². The molecule has 0 saturated heterocycles. The molecule has 20 heavy (non-hydrogen) atoms. The minimum absolute atomic E-state index is 0.375. The van der Waals surface area contributed by atoms with Crippen LogP contribution in [0.25, 0.3) is 0 Å². The first-order chi connectivity index (χ1) is 9.85. The van der Waals surface area contributed by atoms with E-state index in [9.17, 15) is 0 Å². The maximum atomic E-state index is 6.18. The minimum Gasteiger partial charge on any atom is -0.377 e. The van der Waals surface area contributed by atoms with Crippen LogP contribution >= 0.6 is 0 Å². The Morgan fingerprint density at radius 3 is 2.65 bits per heavy atom. The van der Waals surface area contributed by atoms with E-state index in [1.165, 1.54) is 31.2 Å². The van der Waals surface area contributed by atoms with Crippen LogP contribution in [0.2, 0.25) is 0 Å². The highest BCUT2D eigenvalue weighted by Gasteiger charge is 2.31. The summed E-state index contributed by atoms with van der Waals surface area (Å²) in [5, 5.41) is 3.61. The van der Waals surface area contributed by atoms with E-state index < -0.39 is 0 Å². The number of rotatable bonds is 7. The third-order valence-electron chi connectivity index (χ3n) is 4.36. The molecule has 0 amide bonds. The average molecular weight is 275 g/mol. The highest BCUT2D eigenvalue weighted by molar-refractivity contribution is 5.20. The highest BCUT2D eigenvalue weighted by Crippen LogP contribution is 2.34. The van der Waals surface area contributed by atoms with Gasteiger partial charge >= 0.3 is 0 Å². The lowest BCUT2D eigenvalue weighted by molar-refractivity contribution is -0.00122. The molecule has 1 fully saturated rings. The number of ether oxygens (including phenoxy) is 1. The first-order valence-electron chi connectivity index (χ1n) is 8.25. The fourth-order valence-electron chi connectivity index (χ4n) is 3.22. The van der Waals surface area contributed by atoms with Crippen molar-refractivity contribution in [3.05, 3.63) is 35.9 Å². The van der Waals surface area contributed by atoms with Crippen LogP contribution in [-0.4, -0.2) is 25.3 Å². The summed E-state index contributed by atoms with van der Waals surface area (Å²) in [5.41, 5.74) is 1.48. The fraction of sp³-hybridized carbons (Fsp3) is 0.667. The summed E-state index contributed by atoms with van der Waals surface area (Å²) in [5.74, 6) is 0.665. The van der Waals surface area contributed by atoms with Gasteiger partial charge in [0.1, 0.15) is 0 Å². The van der Waals surface area contributed by atoms with E-state index in [2.05, 4.69) is 49.5 Å². The lowest BCUT2D eigenvalue weighted by Crippen LogP contribution is -2.45. The van der Waals surface area contributed by atoms with Gasteiger partial charge in [-0.1, -0.05) is 50.6 Å². The lowest BCUT2D eigenvalue weighted by atomic mass is 9.80. The van der Waals surface area contributed by atoms with Gasteiger partial charge in [0.25, 0.3) is 0 Å². The van der Waals surface area contributed by atoms with E-state index >= 15 is 0 Å². The first kappa shape index (κ1) is 15.5.